The van der Waals surface area contributed by atoms with Gasteiger partial charge in [-0.25, -0.2) is 4.98 Å². The summed E-state index contributed by atoms with van der Waals surface area (Å²) in [7, 11) is 1.63. The van der Waals surface area contributed by atoms with Crippen LogP contribution in [0.4, 0.5) is 11.4 Å². The lowest BCUT2D eigenvalue weighted by atomic mass is 10.1. The molecule has 5 nitrogen and oxygen atoms in total. The topological polar surface area (TPSA) is 54.5 Å². The summed E-state index contributed by atoms with van der Waals surface area (Å²) in [6.45, 7) is 3.66. The molecule has 29 heavy (non-hydrogen) atoms. The molecule has 4 rings (SSSR count). The van der Waals surface area contributed by atoms with E-state index in [4.69, 9.17) is 4.74 Å². The summed E-state index contributed by atoms with van der Waals surface area (Å²) in [5.74, 6) is 2.58. The van der Waals surface area contributed by atoms with Crippen molar-refractivity contribution in [1.29, 1.82) is 0 Å². The quantitative estimate of drug-likeness (QED) is 0.662. The summed E-state index contributed by atoms with van der Waals surface area (Å²) in [6.07, 6.45) is 1.00. The number of para-hydroxylation sites is 1. The summed E-state index contributed by atoms with van der Waals surface area (Å²) < 4.78 is 5.52. The van der Waals surface area contributed by atoms with Crippen molar-refractivity contribution >= 4 is 39.9 Å². The highest BCUT2D eigenvalue weighted by molar-refractivity contribution is 7.99. The first-order valence-electron chi connectivity index (χ1n) is 9.90. The minimum absolute atomic E-state index is 0.0255. The van der Waals surface area contributed by atoms with Gasteiger partial charge in [-0.2, -0.15) is 11.8 Å². The molecule has 1 N–H and O–H groups in total. The van der Waals surface area contributed by atoms with E-state index in [1.807, 2.05) is 40.9 Å². The zero-order valence-electron chi connectivity index (χ0n) is 16.8. The molecule has 150 valence electrons. The van der Waals surface area contributed by atoms with Gasteiger partial charge >= 0.3 is 0 Å². The van der Waals surface area contributed by atoms with Gasteiger partial charge in [0.05, 0.1) is 12.8 Å². The lowest BCUT2D eigenvalue weighted by molar-refractivity contribution is 0.0767. The van der Waals surface area contributed by atoms with Gasteiger partial charge in [-0.05, 0) is 36.2 Å². The number of carbonyl (C=O) groups excluding carboxylic acids is 1. The van der Waals surface area contributed by atoms with Crippen molar-refractivity contribution in [3.05, 3.63) is 59.8 Å². The number of methoxy groups -OCH3 is 1. The second kappa shape index (κ2) is 8.74. The maximum atomic E-state index is 13.1. The Hall–Kier alpha value is -2.73. The van der Waals surface area contributed by atoms with Crippen molar-refractivity contribution in [3.63, 3.8) is 0 Å². The zero-order valence-corrected chi connectivity index (χ0v) is 17.6. The Morgan fingerprint density at radius 1 is 1.17 bits per heavy atom. The molecular weight excluding hydrogens is 382 g/mol. The van der Waals surface area contributed by atoms with E-state index in [1.165, 1.54) is 5.56 Å². The number of hydrogen-bond acceptors (Lipinski definition) is 5. The Kier molecular flexibility index (Phi) is 5.90. The average Bonchev–Trinajstić information content (AvgIpc) is 2.79. The molecule has 6 heteroatoms. The number of rotatable bonds is 5. The lowest BCUT2D eigenvalue weighted by Crippen LogP contribution is -2.38. The Morgan fingerprint density at radius 2 is 1.93 bits per heavy atom. The number of pyridine rings is 1. The number of ether oxygens (including phenoxy) is 1. The number of anilines is 2. The summed E-state index contributed by atoms with van der Waals surface area (Å²) >= 11 is 1.88. The summed E-state index contributed by atoms with van der Waals surface area (Å²) in [5, 5.41) is 4.40. The average molecular weight is 408 g/mol. The van der Waals surface area contributed by atoms with Crippen LogP contribution >= 0.6 is 11.8 Å². The summed E-state index contributed by atoms with van der Waals surface area (Å²) in [5.41, 5.74) is 4.26. The number of nitrogens with zero attached hydrogens (tertiary/aromatic N) is 2. The molecule has 0 saturated carbocycles. The molecule has 1 aliphatic heterocycles. The number of hydrogen-bond donors (Lipinski definition) is 1. The SMILES string of the molecule is CCc1ccc(Nc2cc(C(=O)N3CCSCC3)nc3c(OC)cccc23)cc1. The molecule has 0 unspecified atom stereocenters. The van der Waals surface area contributed by atoms with Gasteiger partial charge in [0.15, 0.2) is 0 Å². The number of carbonyl (C=O) groups is 1. The van der Waals surface area contributed by atoms with Gasteiger partial charge in [0.2, 0.25) is 0 Å². The fourth-order valence-electron chi connectivity index (χ4n) is 3.51. The first kappa shape index (κ1) is 19.6. The van der Waals surface area contributed by atoms with E-state index in [1.54, 1.807) is 7.11 Å². The maximum absolute atomic E-state index is 13.1. The van der Waals surface area contributed by atoms with E-state index >= 15 is 0 Å². The normalized spacial score (nSPS) is 14.1. The molecule has 1 amide bonds. The number of thioether (sulfide) groups is 1. The van der Waals surface area contributed by atoms with Crippen LogP contribution in [0.1, 0.15) is 23.0 Å². The van der Waals surface area contributed by atoms with Crippen molar-refractivity contribution in [2.45, 2.75) is 13.3 Å². The van der Waals surface area contributed by atoms with Crippen molar-refractivity contribution in [2.75, 3.05) is 37.0 Å². The van der Waals surface area contributed by atoms with E-state index in [0.29, 0.717) is 17.0 Å². The van der Waals surface area contributed by atoms with Gasteiger partial charge in [-0.1, -0.05) is 31.2 Å². The third-order valence-corrected chi connectivity index (χ3v) is 6.12. The largest absolute Gasteiger partial charge is 0.494 e. The van der Waals surface area contributed by atoms with Gasteiger partial charge in [-0.3, -0.25) is 4.79 Å². The van der Waals surface area contributed by atoms with Crippen LogP contribution in [0.25, 0.3) is 10.9 Å². The van der Waals surface area contributed by atoms with Crippen LogP contribution in [-0.4, -0.2) is 47.5 Å². The molecule has 2 heterocycles. The molecular formula is C23H25N3O2S. The molecule has 0 radical (unpaired) electrons. The smallest absolute Gasteiger partial charge is 0.272 e. The third-order valence-electron chi connectivity index (χ3n) is 5.18. The van der Waals surface area contributed by atoms with Gasteiger partial charge in [0.25, 0.3) is 5.91 Å². The fraction of sp³-hybridized carbons (Fsp3) is 0.304. The second-order valence-electron chi connectivity index (χ2n) is 6.99. The number of nitrogens with one attached hydrogen (secondary N) is 1. The molecule has 0 bridgehead atoms. The van der Waals surface area contributed by atoms with Crippen molar-refractivity contribution in [3.8, 4) is 5.75 Å². The first-order chi connectivity index (χ1) is 14.2. The summed E-state index contributed by atoms with van der Waals surface area (Å²) in [6, 6.07) is 16.0. The van der Waals surface area contributed by atoms with E-state index in [2.05, 4.69) is 41.5 Å². The van der Waals surface area contributed by atoms with Crippen LogP contribution in [0.3, 0.4) is 0 Å². The molecule has 0 atom stereocenters. The Morgan fingerprint density at radius 3 is 2.62 bits per heavy atom. The highest BCUT2D eigenvalue weighted by Gasteiger charge is 2.22. The molecule has 3 aromatic rings. The van der Waals surface area contributed by atoms with Gasteiger partial charge in [-0.15, -0.1) is 0 Å². The van der Waals surface area contributed by atoms with Crippen LogP contribution < -0.4 is 10.1 Å². The number of benzene rings is 2. The minimum atomic E-state index is -0.0255. The van der Waals surface area contributed by atoms with Crippen LogP contribution in [0.2, 0.25) is 0 Å². The molecule has 1 aliphatic rings. The monoisotopic (exact) mass is 407 g/mol. The number of aromatic nitrogens is 1. The molecule has 1 aromatic heterocycles. The molecule has 0 spiro atoms. The predicted molar refractivity (Wildman–Crippen MR) is 121 cm³/mol. The van der Waals surface area contributed by atoms with Crippen molar-refractivity contribution in [1.82, 2.24) is 9.88 Å². The maximum Gasteiger partial charge on any atom is 0.272 e. The van der Waals surface area contributed by atoms with Crippen LogP contribution in [0.15, 0.2) is 48.5 Å². The van der Waals surface area contributed by atoms with E-state index in [9.17, 15) is 4.79 Å². The van der Waals surface area contributed by atoms with Crippen LogP contribution in [-0.2, 0) is 6.42 Å². The van der Waals surface area contributed by atoms with Gasteiger partial charge < -0.3 is 15.0 Å². The fourth-order valence-corrected chi connectivity index (χ4v) is 4.41. The second-order valence-corrected chi connectivity index (χ2v) is 8.22. The molecule has 0 aliphatic carbocycles. The number of fused-ring (bicyclic) bond motifs is 1. The molecule has 1 fully saturated rings. The predicted octanol–water partition coefficient (Wildman–Crippen LogP) is 4.74. The minimum Gasteiger partial charge on any atom is -0.494 e. The summed E-state index contributed by atoms with van der Waals surface area (Å²) in [4.78, 5) is 19.7. The standard InChI is InChI=1S/C23H25N3O2S/c1-3-16-7-9-17(10-8-16)24-19-15-20(23(27)26-11-13-29-14-12-26)25-22-18(19)5-4-6-21(22)28-2/h4-10,15H,3,11-14H2,1-2H3,(H,24,25). The Bertz CT molecular complexity index is 1010. The van der Waals surface area contributed by atoms with Gasteiger partial charge in [0, 0.05) is 35.7 Å². The number of aryl methyl sites for hydroxylation is 1. The number of amides is 1. The van der Waals surface area contributed by atoms with Crippen molar-refractivity contribution in [2.24, 2.45) is 0 Å². The zero-order chi connectivity index (χ0) is 20.2. The van der Waals surface area contributed by atoms with Crippen LogP contribution in [0, 0.1) is 0 Å². The van der Waals surface area contributed by atoms with Gasteiger partial charge in [0.1, 0.15) is 17.0 Å². The Balaban J connectivity index is 1.77. The lowest BCUT2D eigenvalue weighted by Gasteiger charge is -2.26. The Labute approximate surface area is 175 Å². The van der Waals surface area contributed by atoms with E-state index in [-0.39, 0.29) is 5.91 Å². The highest BCUT2D eigenvalue weighted by atomic mass is 32.2. The van der Waals surface area contributed by atoms with Crippen molar-refractivity contribution < 1.29 is 9.53 Å². The molecule has 2 aromatic carbocycles. The third kappa shape index (κ3) is 4.17. The van der Waals surface area contributed by atoms with Crippen LogP contribution in [0.5, 0.6) is 5.75 Å². The highest BCUT2D eigenvalue weighted by Crippen LogP contribution is 2.32. The molecule has 1 saturated heterocycles. The van der Waals surface area contributed by atoms with E-state index in [0.717, 1.165) is 47.8 Å². The van der Waals surface area contributed by atoms with E-state index < -0.39 is 0 Å². The first-order valence-corrected chi connectivity index (χ1v) is 11.1.